The Morgan fingerprint density at radius 1 is 1.04 bits per heavy atom. The average Bonchev–Trinajstić information content (AvgIpc) is 2.68. The van der Waals surface area contributed by atoms with Crippen molar-refractivity contribution in [2.24, 2.45) is 0 Å². The van der Waals surface area contributed by atoms with E-state index < -0.39 is 11.0 Å². The lowest BCUT2D eigenvalue weighted by Crippen LogP contribution is -2.32. The smallest absolute Gasteiger partial charge is 0.255 e. The third kappa shape index (κ3) is 4.50. The molecule has 0 bridgehead atoms. The van der Waals surface area contributed by atoms with Crippen LogP contribution >= 0.6 is 10.5 Å². The summed E-state index contributed by atoms with van der Waals surface area (Å²) in [5.74, 6) is 3.82. The van der Waals surface area contributed by atoms with Gasteiger partial charge < -0.3 is 5.32 Å². The maximum atomic E-state index is 12.9. The number of carbonyl (C=O) groups is 1. The van der Waals surface area contributed by atoms with Crippen molar-refractivity contribution in [1.82, 2.24) is 4.31 Å². The zero-order chi connectivity index (χ0) is 18.5. The number of hydrogen-bond acceptors (Lipinski definition) is 2. The molecule has 2 aromatic carbocycles. The van der Waals surface area contributed by atoms with Crippen LogP contribution in [0.5, 0.6) is 0 Å². The zero-order valence-electron chi connectivity index (χ0n) is 14.9. The summed E-state index contributed by atoms with van der Waals surface area (Å²) in [5, 5.41) is 2.92. The SMILES string of the molecule is C=S(C)c1ccc(C(=O)Nc2ccccc2S(=O)N2CCCCC2)cc1. The summed E-state index contributed by atoms with van der Waals surface area (Å²) >= 11 is 0. The second-order valence-corrected chi connectivity index (χ2v) is 9.55. The summed E-state index contributed by atoms with van der Waals surface area (Å²) in [6.45, 7) is 1.67. The molecule has 3 rings (SSSR count). The fraction of sp³-hybridized carbons (Fsp3) is 0.300. The van der Waals surface area contributed by atoms with Crippen molar-refractivity contribution in [3.05, 3.63) is 54.1 Å². The van der Waals surface area contributed by atoms with Gasteiger partial charge in [-0.15, -0.1) is 0 Å². The number of nitrogens with one attached hydrogen (secondary N) is 1. The minimum absolute atomic E-state index is 0.0787. The molecule has 6 heteroatoms. The largest absolute Gasteiger partial charge is 0.321 e. The molecule has 1 N–H and O–H groups in total. The summed E-state index contributed by atoms with van der Waals surface area (Å²) < 4.78 is 14.9. The second kappa shape index (κ2) is 8.75. The Balaban J connectivity index is 1.78. The fourth-order valence-electron chi connectivity index (χ4n) is 2.93. The van der Waals surface area contributed by atoms with E-state index in [-0.39, 0.29) is 16.4 Å². The standard InChI is InChI=1S/C20H24N2O2S2/c1-25(2)17-12-10-16(11-13-17)20(23)21-18-8-4-5-9-19(18)26(24)22-14-6-3-7-15-22/h4-5,8-13H,1,3,6-7,14-15H2,2H3,(H,21,23). The van der Waals surface area contributed by atoms with Crippen LogP contribution in [0, 0.1) is 0 Å². The van der Waals surface area contributed by atoms with Gasteiger partial charge in [-0.2, -0.15) is 10.5 Å². The topological polar surface area (TPSA) is 49.4 Å². The van der Waals surface area contributed by atoms with Crippen molar-refractivity contribution in [3.63, 3.8) is 0 Å². The Hall–Kier alpha value is -1.76. The van der Waals surface area contributed by atoms with Crippen LogP contribution in [0.3, 0.4) is 0 Å². The lowest BCUT2D eigenvalue weighted by Gasteiger charge is -2.26. The molecule has 2 atom stereocenters. The average molecular weight is 389 g/mol. The molecule has 0 radical (unpaired) electrons. The van der Waals surface area contributed by atoms with Crippen molar-refractivity contribution < 1.29 is 9.00 Å². The molecule has 1 aliphatic rings. The Kier molecular flexibility index (Phi) is 6.40. The van der Waals surface area contributed by atoms with E-state index in [1.807, 2.05) is 59.1 Å². The molecule has 0 aliphatic carbocycles. The van der Waals surface area contributed by atoms with Crippen LogP contribution in [0.2, 0.25) is 0 Å². The third-order valence-corrected chi connectivity index (χ3v) is 7.04. The maximum Gasteiger partial charge on any atom is 0.255 e. The third-order valence-electron chi connectivity index (χ3n) is 4.39. The quantitative estimate of drug-likeness (QED) is 0.783. The first kappa shape index (κ1) is 19.0. The van der Waals surface area contributed by atoms with Crippen LogP contribution in [0.4, 0.5) is 5.69 Å². The van der Waals surface area contributed by atoms with Crippen molar-refractivity contribution in [3.8, 4) is 0 Å². The molecule has 1 saturated heterocycles. The lowest BCUT2D eigenvalue weighted by atomic mass is 10.2. The van der Waals surface area contributed by atoms with Crippen molar-refractivity contribution in [1.29, 1.82) is 0 Å². The number of nitrogens with zero attached hydrogens (tertiary/aromatic N) is 1. The first-order chi connectivity index (χ1) is 12.6. The normalized spacial score (nSPS) is 17.4. The van der Waals surface area contributed by atoms with Crippen LogP contribution in [0.25, 0.3) is 0 Å². The minimum atomic E-state index is -1.25. The Morgan fingerprint density at radius 3 is 2.35 bits per heavy atom. The van der Waals surface area contributed by atoms with Gasteiger partial charge in [-0.1, -0.05) is 24.4 Å². The molecule has 2 unspecified atom stereocenters. The maximum absolute atomic E-state index is 12.9. The van der Waals surface area contributed by atoms with Crippen LogP contribution in [-0.2, 0) is 11.0 Å². The molecule has 1 aliphatic heterocycles. The highest BCUT2D eigenvalue weighted by Crippen LogP contribution is 2.25. The van der Waals surface area contributed by atoms with Crippen LogP contribution < -0.4 is 5.32 Å². The predicted octanol–water partition coefficient (Wildman–Crippen LogP) is 4.14. The predicted molar refractivity (Wildman–Crippen MR) is 112 cm³/mol. The number of amides is 1. The fourth-order valence-corrected chi connectivity index (χ4v) is 4.90. The van der Waals surface area contributed by atoms with Crippen LogP contribution in [0.15, 0.2) is 58.3 Å². The lowest BCUT2D eigenvalue weighted by molar-refractivity contribution is 0.102. The molecular weight excluding hydrogens is 364 g/mol. The van der Waals surface area contributed by atoms with Gasteiger partial charge in [0.05, 0.1) is 10.6 Å². The molecule has 1 heterocycles. The number of carbonyl (C=O) groups excluding carboxylic acids is 1. The molecule has 0 saturated carbocycles. The van der Waals surface area contributed by atoms with Crippen molar-refractivity contribution >= 4 is 38.9 Å². The van der Waals surface area contributed by atoms with Crippen LogP contribution in [-0.4, -0.2) is 39.6 Å². The summed E-state index contributed by atoms with van der Waals surface area (Å²) in [6, 6.07) is 14.8. The highest BCUT2D eigenvalue weighted by molar-refractivity contribution is 8.13. The number of piperidine rings is 1. The second-order valence-electron chi connectivity index (χ2n) is 6.35. The zero-order valence-corrected chi connectivity index (χ0v) is 16.6. The number of benzene rings is 2. The van der Waals surface area contributed by atoms with Crippen molar-refractivity contribution in [2.75, 3.05) is 24.7 Å². The molecule has 26 heavy (non-hydrogen) atoms. The number of anilines is 1. The summed E-state index contributed by atoms with van der Waals surface area (Å²) in [5.41, 5.74) is 1.19. The molecular formula is C20H24N2O2S2. The number of rotatable bonds is 5. The summed E-state index contributed by atoms with van der Waals surface area (Å²) in [6.07, 6.45) is 5.37. The van der Waals surface area contributed by atoms with Crippen LogP contribution in [0.1, 0.15) is 29.6 Å². The van der Waals surface area contributed by atoms with Gasteiger partial charge in [0.15, 0.2) is 0 Å². The molecule has 0 aromatic heterocycles. The van der Waals surface area contributed by atoms with E-state index in [2.05, 4.69) is 11.2 Å². The highest BCUT2D eigenvalue weighted by Gasteiger charge is 2.21. The summed E-state index contributed by atoms with van der Waals surface area (Å²) in [7, 11) is -1.33. The molecule has 4 nitrogen and oxygen atoms in total. The molecule has 1 amide bonds. The van der Waals surface area contributed by atoms with E-state index in [9.17, 15) is 9.00 Å². The van der Waals surface area contributed by atoms with E-state index in [0.29, 0.717) is 16.1 Å². The van der Waals surface area contributed by atoms with Gasteiger partial charge in [0, 0.05) is 23.5 Å². The van der Waals surface area contributed by atoms with Gasteiger partial charge in [-0.05, 0) is 55.5 Å². The Bertz CT molecular complexity index is 828. The van der Waals surface area contributed by atoms with Crippen molar-refractivity contribution in [2.45, 2.75) is 29.1 Å². The van der Waals surface area contributed by atoms with E-state index in [0.717, 1.165) is 30.8 Å². The van der Waals surface area contributed by atoms with Gasteiger partial charge in [-0.3, -0.25) is 4.79 Å². The van der Waals surface area contributed by atoms with E-state index in [1.165, 1.54) is 6.42 Å². The van der Waals surface area contributed by atoms with Gasteiger partial charge in [0.2, 0.25) is 0 Å². The number of para-hydroxylation sites is 1. The first-order valence-corrected chi connectivity index (χ1v) is 11.6. The van der Waals surface area contributed by atoms with E-state index in [1.54, 1.807) is 0 Å². The van der Waals surface area contributed by atoms with Gasteiger partial charge in [0.1, 0.15) is 11.0 Å². The molecule has 0 spiro atoms. The van der Waals surface area contributed by atoms with Gasteiger partial charge >= 0.3 is 0 Å². The van der Waals surface area contributed by atoms with E-state index in [4.69, 9.17) is 0 Å². The van der Waals surface area contributed by atoms with E-state index >= 15 is 0 Å². The minimum Gasteiger partial charge on any atom is -0.321 e. The number of hydrogen-bond donors (Lipinski definition) is 1. The monoisotopic (exact) mass is 388 g/mol. The van der Waals surface area contributed by atoms with Gasteiger partial charge in [-0.25, -0.2) is 8.51 Å². The Labute approximate surface area is 160 Å². The highest BCUT2D eigenvalue weighted by atomic mass is 32.2. The molecule has 1 fully saturated rings. The Morgan fingerprint density at radius 2 is 1.69 bits per heavy atom. The molecule has 138 valence electrons. The molecule has 2 aromatic rings. The first-order valence-electron chi connectivity index (χ1n) is 8.69. The summed E-state index contributed by atoms with van der Waals surface area (Å²) in [4.78, 5) is 14.4. The van der Waals surface area contributed by atoms with Gasteiger partial charge in [0.25, 0.3) is 5.91 Å².